The van der Waals surface area contributed by atoms with Crippen molar-refractivity contribution >= 4 is 11.9 Å². The van der Waals surface area contributed by atoms with Gasteiger partial charge >= 0.3 is 11.9 Å². The van der Waals surface area contributed by atoms with Gasteiger partial charge in [-0.3, -0.25) is 9.69 Å². The number of carbonyl (C=O) groups is 2. The highest BCUT2D eigenvalue weighted by molar-refractivity contribution is 5.73. The summed E-state index contributed by atoms with van der Waals surface area (Å²) in [6, 6.07) is 0. The Balaban J connectivity index is 2.41. The Bertz CT molecular complexity index is 242. The molecule has 0 radical (unpaired) electrons. The maximum Gasteiger partial charge on any atom is 0.530 e. The standard InChI is InChI=1S/C10H17NO4/c1-2-15-10(14)8-4-3-5-11(6-8)7-9(12)13/h8H,2-7H2,1H3,(H,12,13)/p+1/t8-/m1/s1. The number of carbonyl (C=O) groups excluding carboxylic acids is 2. The van der Waals surface area contributed by atoms with Crippen LogP contribution >= 0.6 is 0 Å². The van der Waals surface area contributed by atoms with Gasteiger partial charge in [0, 0.05) is 11.3 Å². The minimum atomic E-state index is -0.598. The van der Waals surface area contributed by atoms with Crippen molar-refractivity contribution in [3.8, 4) is 0 Å². The van der Waals surface area contributed by atoms with Gasteiger partial charge in [-0.1, -0.05) is 0 Å². The summed E-state index contributed by atoms with van der Waals surface area (Å²) in [5, 5.41) is 6.87. The molecule has 2 N–H and O–H groups in total. The van der Waals surface area contributed by atoms with Crippen LogP contribution < -0.4 is 0 Å². The lowest BCUT2D eigenvalue weighted by molar-refractivity contribution is -0.151. The molecule has 5 heteroatoms. The summed E-state index contributed by atoms with van der Waals surface area (Å²) >= 11 is 0. The van der Waals surface area contributed by atoms with Gasteiger partial charge in [-0.25, -0.2) is 0 Å². The predicted octanol–water partition coefficient (Wildman–Crippen LogP) is -0.487. The van der Waals surface area contributed by atoms with Crippen LogP contribution in [0.15, 0.2) is 0 Å². The van der Waals surface area contributed by atoms with Crippen LogP contribution in [0.4, 0.5) is 0 Å². The highest BCUT2D eigenvalue weighted by Crippen LogP contribution is 2.17. The monoisotopic (exact) mass is 216 g/mol. The third-order valence-corrected chi connectivity index (χ3v) is 2.49. The molecule has 1 atom stereocenters. The average Bonchev–Trinajstić information content (AvgIpc) is 2.17. The maximum atomic E-state index is 11.4. The molecule has 0 aromatic heterocycles. The third kappa shape index (κ3) is 3.87. The van der Waals surface area contributed by atoms with Crippen molar-refractivity contribution in [1.29, 1.82) is 0 Å². The Morgan fingerprint density at radius 2 is 2.27 bits per heavy atom. The van der Waals surface area contributed by atoms with Crippen LogP contribution in [-0.4, -0.2) is 48.2 Å². The lowest BCUT2D eigenvalue weighted by atomic mass is 9.98. The largest absolute Gasteiger partial charge is 0.564 e. The normalized spacial score (nSPS) is 22.3. The fraction of sp³-hybridized carbons (Fsp3) is 0.800. The molecule has 5 nitrogen and oxygen atoms in total. The summed E-state index contributed by atoms with van der Waals surface area (Å²) in [6.45, 7) is 3.64. The molecule has 1 heterocycles. The summed E-state index contributed by atoms with van der Waals surface area (Å²) < 4.78 is 4.94. The predicted molar refractivity (Wildman–Crippen MR) is 54.4 cm³/mol. The number of likely N-dealkylation sites (tertiary alicyclic amines) is 1. The highest BCUT2D eigenvalue weighted by Gasteiger charge is 2.28. The summed E-state index contributed by atoms with van der Waals surface area (Å²) in [4.78, 5) is 23.9. The molecule has 15 heavy (non-hydrogen) atoms. The topological polar surface area (TPSA) is 69.5 Å². The molecule has 1 rings (SSSR count). The van der Waals surface area contributed by atoms with Gasteiger partial charge in [0.15, 0.2) is 6.54 Å². The van der Waals surface area contributed by atoms with Crippen molar-refractivity contribution in [3.63, 3.8) is 0 Å². The van der Waals surface area contributed by atoms with E-state index in [4.69, 9.17) is 9.84 Å². The highest BCUT2D eigenvalue weighted by atomic mass is 16.5. The van der Waals surface area contributed by atoms with Gasteiger partial charge in [-0.15, -0.1) is 0 Å². The van der Waals surface area contributed by atoms with Crippen molar-refractivity contribution in [1.82, 2.24) is 4.90 Å². The first kappa shape index (κ1) is 12.0. The van der Waals surface area contributed by atoms with Crippen molar-refractivity contribution in [3.05, 3.63) is 0 Å². The van der Waals surface area contributed by atoms with Crippen molar-refractivity contribution in [2.24, 2.45) is 5.92 Å². The zero-order valence-corrected chi connectivity index (χ0v) is 8.99. The number of nitrogens with zero attached hydrogens (tertiary/aromatic N) is 1. The Morgan fingerprint density at radius 3 is 2.87 bits per heavy atom. The molecule has 86 valence electrons. The van der Waals surface area contributed by atoms with Crippen molar-refractivity contribution in [2.75, 3.05) is 26.2 Å². The molecule has 1 saturated heterocycles. The van der Waals surface area contributed by atoms with Crippen LogP contribution in [-0.2, 0) is 14.3 Å². The number of piperidine rings is 1. The van der Waals surface area contributed by atoms with E-state index in [9.17, 15) is 9.59 Å². The van der Waals surface area contributed by atoms with E-state index >= 15 is 0 Å². The molecule has 1 fully saturated rings. The molecule has 0 aromatic carbocycles. The molecular formula is C10H18NO4+. The zero-order chi connectivity index (χ0) is 11.3. The summed E-state index contributed by atoms with van der Waals surface area (Å²) in [6.07, 6.45) is 1.71. The second-order valence-corrected chi connectivity index (χ2v) is 3.75. The smallest absolute Gasteiger partial charge is 0.530 e. The van der Waals surface area contributed by atoms with E-state index in [2.05, 4.69) is 0 Å². The fourth-order valence-corrected chi connectivity index (χ4v) is 1.85. The number of ether oxygens (including phenoxy) is 1. The first-order valence-electron chi connectivity index (χ1n) is 5.27. The van der Waals surface area contributed by atoms with E-state index in [0.29, 0.717) is 13.2 Å². The first-order valence-corrected chi connectivity index (χ1v) is 5.27. The molecule has 0 aromatic rings. The molecule has 0 spiro atoms. The molecule has 0 amide bonds. The minimum Gasteiger partial charge on any atom is -0.564 e. The van der Waals surface area contributed by atoms with Gasteiger partial charge in [-0.2, -0.15) is 0 Å². The Labute approximate surface area is 89.0 Å². The first-order chi connectivity index (χ1) is 7.13. The Morgan fingerprint density at radius 1 is 1.53 bits per heavy atom. The van der Waals surface area contributed by atoms with Crippen LogP contribution in [0.3, 0.4) is 0 Å². The van der Waals surface area contributed by atoms with Gasteiger partial charge in [0.2, 0.25) is 0 Å². The number of hydrogen-bond acceptors (Lipinski definition) is 4. The third-order valence-electron chi connectivity index (χ3n) is 2.49. The van der Waals surface area contributed by atoms with Gasteiger partial charge in [0.25, 0.3) is 0 Å². The molecule has 0 unspecified atom stereocenters. The molecule has 1 aliphatic rings. The number of esters is 1. The second kappa shape index (κ2) is 5.70. The van der Waals surface area contributed by atoms with E-state index in [-0.39, 0.29) is 18.4 Å². The summed E-state index contributed by atoms with van der Waals surface area (Å²) in [5.41, 5.74) is 0. The molecule has 0 aliphatic carbocycles. The number of rotatable bonds is 4. The van der Waals surface area contributed by atoms with Gasteiger partial charge < -0.3 is 9.84 Å². The van der Waals surface area contributed by atoms with Gasteiger partial charge in [0.05, 0.1) is 12.5 Å². The summed E-state index contributed by atoms with van der Waals surface area (Å²) in [5.74, 6) is -0.905. The Hall–Kier alpha value is -1.10. The van der Waals surface area contributed by atoms with Crippen LogP contribution in [0.5, 0.6) is 0 Å². The molecular weight excluding hydrogens is 198 g/mol. The lowest BCUT2D eigenvalue weighted by Crippen LogP contribution is -2.41. The van der Waals surface area contributed by atoms with Crippen LogP contribution in [0.2, 0.25) is 0 Å². The van der Waals surface area contributed by atoms with E-state index in [1.54, 1.807) is 6.92 Å². The fourth-order valence-electron chi connectivity index (χ4n) is 1.85. The summed E-state index contributed by atoms with van der Waals surface area (Å²) in [7, 11) is 0. The SMILES string of the molecule is CCOC(=O)[C@@H]1CCCN(CC(=O)[OH2+])C1. The van der Waals surface area contributed by atoms with Crippen LogP contribution in [0.25, 0.3) is 0 Å². The maximum absolute atomic E-state index is 11.4. The van der Waals surface area contributed by atoms with Gasteiger partial charge in [-0.05, 0) is 26.3 Å². The van der Waals surface area contributed by atoms with E-state index in [1.807, 2.05) is 4.90 Å². The van der Waals surface area contributed by atoms with Crippen molar-refractivity contribution < 1.29 is 19.4 Å². The number of hydrogen-bond donors (Lipinski definition) is 0. The van der Waals surface area contributed by atoms with E-state index in [0.717, 1.165) is 19.4 Å². The Kier molecular flexibility index (Phi) is 4.55. The second-order valence-electron chi connectivity index (χ2n) is 3.75. The quantitative estimate of drug-likeness (QED) is 0.470. The minimum absolute atomic E-state index is 0.121. The van der Waals surface area contributed by atoms with Crippen molar-refractivity contribution in [2.45, 2.75) is 19.8 Å². The zero-order valence-electron chi connectivity index (χ0n) is 8.99. The van der Waals surface area contributed by atoms with Crippen LogP contribution in [0, 0.1) is 5.92 Å². The molecule has 0 bridgehead atoms. The van der Waals surface area contributed by atoms with Gasteiger partial charge in [0.1, 0.15) is 0 Å². The molecule has 0 saturated carbocycles. The van der Waals surface area contributed by atoms with Crippen LogP contribution in [0.1, 0.15) is 19.8 Å². The molecule has 1 aliphatic heterocycles. The van der Waals surface area contributed by atoms with E-state index < -0.39 is 5.97 Å². The lowest BCUT2D eigenvalue weighted by Gasteiger charge is -2.29. The average molecular weight is 216 g/mol. The van der Waals surface area contributed by atoms with E-state index in [1.165, 1.54) is 0 Å².